The molecule has 0 heterocycles. The van der Waals surface area contributed by atoms with Crippen LogP contribution in [0.25, 0.3) is 11.1 Å². The Labute approximate surface area is 298 Å². The smallest absolute Gasteiger partial charge is 0.228 e. The Hall–Kier alpha value is -4.45. The fraction of sp³-hybridized carbons (Fsp3) is 0.238. The fourth-order valence-corrected chi connectivity index (χ4v) is 9.54. The first kappa shape index (κ1) is 36.3. The van der Waals surface area contributed by atoms with Crippen molar-refractivity contribution in [2.45, 2.75) is 64.3 Å². The summed E-state index contributed by atoms with van der Waals surface area (Å²) in [7, 11) is -4.83. The minimum atomic E-state index is -4.83. The van der Waals surface area contributed by atoms with Gasteiger partial charge in [-0.15, -0.1) is 0 Å². The van der Waals surface area contributed by atoms with E-state index in [1.807, 2.05) is 0 Å². The van der Waals surface area contributed by atoms with E-state index >= 15 is 8.42 Å². The van der Waals surface area contributed by atoms with Crippen LogP contribution in [0.5, 0.6) is 0 Å². The first-order chi connectivity index (χ1) is 23.8. The van der Waals surface area contributed by atoms with Gasteiger partial charge in [0.1, 0.15) is 0 Å². The van der Waals surface area contributed by atoms with Crippen LogP contribution in [0.15, 0.2) is 130 Å². The van der Waals surface area contributed by atoms with E-state index in [-0.39, 0.29) is 33.4 Å². The number of rotatable bonds is 6. The highest BCUT2D eigenvalue weighted by Gasteiger charge is 2.59. The topological polar surface area (TPSA) is 156 Å². The van der Waals surface area contributed by atoms with E-state index in [1.54, 1.807) is 113 Å². The average Bonchev–Trinajstić information content (AvgIpc) is 3.06. The molecular weight excluding hydrogens is 665 g/mol. The van der Waals surface area contributed by atoms with Crippen LogP contribution in [0, 0.1) is 27.7 Å². The molecule has 0 spiro atoms. The molecule has 6 N–H and O–H groups in total. The molecule has 2 unspecified atom stereocenters. The molecule has 4 aromatic rings. The van der Waals surface area contributed by atoms with Crippen LogP contribution in [0.2, 0.25) is 0 Å². The molecule has 2 aliphatic carbocycles. The number of sulfone groups is 1. The minimum absolute atomic E-state index is 0.0528. The van der Waals surface area contributed by atoms with Crippen molar-refractivity contribution < 1.29 is 39.1 Å². The van der Waals surface area contributed by atoms with Crippen LogP contribution in [0.3, 0.4) is 0 Å². The van der Waals surface area contributed by atoms with Crippen molar-refractivity contribution in [3.05, 3.63) is 175 Å². The lowest BCUT2D eigenvalue weighted by Gasteiger charge is -2.46. The summed E-state index contributed by atoms with van der Waals surface area (Å²) in [6.45, 7) is 9.68. The summed E-state index contributed by atoms with van der Waals surface area (Å²) < 4.78 is 30.7. The van der Waals surface area contributed by atoms with Gasteiger partial charge in [0, 0.05) is 11.1 Å². The van der Waals surface area contributed by atoms with Crippen molar-refractivity contribution in [2.75, 3.05) is 0 Å². The third kappa shape index (κ3) is 5.31. The van der Waals surface area contributed by atoms with Crippen LogP contribution in [0.4, 0.5) is 0 Å². The van der Waals surface area contributed by atoms with Crippen LogP contribution in [-0.2, 0) is 21.0 Å². The third-order valence-electron chi connectivity index (χ3n) is 10.4. The monoisotopic (exact) mass is 706 g/mol. The lowest BCUT2D eigenvalue weighted by Crippen LogP contribution is -2.55. The number of aliphatic hydroxyl groups is 6. The first-order valence-corrected chi connectivity index (χ1v) is 18.0. The highest BCUT2D eigenvalue weighted by molar-refractivity contribution is 7.99. The van der Waals surface area contributed by atoms with E-state index in [0.29, 0.717) is 33.4 Å². The van der Waals surface area contributed by atoms with E-state index in [0.717, 1.165) is 12.2 Å². The number of aryl methyl sites for hydroxylation is 4. The third-order valence-corrected chi connectivity index (χ3v) is 12.5. The maximum absolute atomic E-state index is 15.4. The van der Waals surface area contributed by atoms with Crippen LogP contribution in [0.1, 0.15) is 58.4 Å². The average molecular weight is 707 g/mol. The number of hydrogen-bond acceptors (Lipinski definition) is 8. The largest absolute Gasteiger partial charge is 0.375 e. The van der Waals surface area contributed by atoms with Crippen molar-refractivity contribution in [3.8, 4) is 0 Å². The fourth-order valence-electron chi connectivity index (χ4n) is 7.64. The molecule has 0 saturated carbocycles. The van der Waals surface area contributed by atoms with Crippen LogP contribution in [-0.4, -0.2) is 50.6 Å². The van der Waals surface area contributed by atoms with E-state index < -0.39 is 42.4 Å². The summed E-state index contributed by atoms with van der Waals surface area (Å²) in [6.07, 6.45) is 1.88. The van der Waals surface area contributed by atoms with Gasteiger partial charge in [-0.3, -0.25) is 0 Å². The second-order valence-electron chi connectivity index (χ2n) is 13.7. The van der Waals surface area contributed by atoms with Crippen molar-refractivity contribution >= 4 is 21.0 Å². The van der Waals surface area contributed by atoms with E-state index in [4.69, 9.17) is 0 Å². The zero-order valence-corrected chi connectivity index (χ0v) is 30.1. The molecule has 9 heteroatoms. The lowest BCUT2D eigenvalue weighted by molar-refractivity contribution is -0.222. The minimum Gasteiger partial charge on any atom is -0.375 e. The molecular formula is C42H42O8S. The second-order valence-corrected chi connectivity index (χ2v) is 15.5. The Bertz CT molecular complexity index is 2170. The lowest BCUT2D eigenvalue weighted by atomic mass is 9.72. The second kappa shape index (κ2) is 12.4. The number of hydrogen-bond donors (Lipinski definition) is 6. The molecule has 0 aliphatic heterocycles. The molecule has 8 nitrogen and oxygen atoms in total. The molecule has 6 rings (SSSR count). The van der Waals surface area contributed by atoms with Gasteiger partial charge in [0.15, 0.2) is 11.2 Å². The Balaban J connectivity index is 1.74. The van der Waals surface area contributed by atoms with Gasteiger partial charge in [0.25, 0.3) is 0 Å². The Morgan fingerprint density at radius 1 is 0.431 bits per heavy atom. The van der Waals surface area contributed by atoms with Crippen LogP contribution < -0.4 is 0 Å². The molecule has 4 aromatic carbocycles. The Kier molecular flexibility index (Phi) is 8.80. The normalized spacial score (nSPS) is 23.2. The summed E-state index contributed by atoms with van der Waals surface area (Å²) in [6, 6.07) is 26.5. The summed E-state index contributed by atoms with van der Waals surface area (Å²) in [5, 5.41) is 73.3. The predicted octanol–water partition coefficient (Wildman–Crippen LogP) is 5.51. The van der Waals surface area contributed by atoms with Gasteiger partial charge in [-0.05, 0) is 109 Å². The van der Waals surface area contributed by atoms with Crippen LogP contribution >= 0.6 is 0 Å². The Morgan fingerprint density at radius 2 is 0.725 bits per heavy atom. The zero-order chi connectivity index (χ0) is 37.3. The maximum Gasteiger partial charge on any atom is 0.228 e. The molecule has 0 amide bonds. The van der Waals surface area contributed by atoms with Crippen molar-refractivity contribution in [3.63, 3.8) is 0 Å². The number of allylic oxidation sites excluding steroid dienone is 2. The highest BCUT2D eigenvalue weighted by atomic mass is 32.2. The molecule has 0 saturated heterocycles. The van der Waals surface area contributed by atoms with Crippen molar-refractivity contribution in [1.82, 2.24) is 0 Å². The van der Waals surface area contributed by atoms with Crippen molar-refractivity contribution in [2.24, 2.45) is 0 Å². The Morgan fingerprint density at radius 3 is 1.04 bits per heavy atom. The van der Waals surface area contributed by atoms with E-state index in [9.17, 15) is 30.6 Å². The molecule has 0 bridgehead atoms. The molecule has 51 heavy (non-hydrogen) atoms. The van der Waals surface area contributed by atoms with E-state index in [2.05, 4.69) is 0 Å². The molecule has 264 valence electrons. The molecule has 2 atom stereocenters. The van der Waals surface area contributed by atoms with Gasteiger partial charge in [-0.25, -0.2) is 8.42 Å². The maximum atomic E-state index is 15.4. The standard InChI is InChI=1S/C42H42O8S/c1-25-15-7-11-19-31(25)37-29(5)35(23-39(43,41(37,45)46)33-21-13-9-17-27(33)3)51(49,50)36-24-40(44,34-22-14-10-18-28(34)4)42(47,48)38(30(36)6)32-20-12-8-16-26(32)2/h7-24,43-48H,1-6H3. The predicted molar refractivity (Wildman–Crippen MR) is 197 cm³/mol. The molecule has 0 fully saturated rings. The van der Waals surface area contributed by atoms with Gasteiger partial charge in [-0.2, -0.15) is 0 Å². The number of benzene rings is 4. The van der Waals surface area contributed by atoms with Gasteiger partial charge in [0.2, 0.25) is 21.4 Å². The SMILES string of the molecule is CC1=C(c2ccccc2C)C(O)(O)C(O)(c2ccccc2C)C=C1S(=O)(=O)C1=CC(O)(c2ccccc2C)C(O)(O)C(c2ccccc2C)=C1C. The quantitative estimate of drug-likeness (QED) is 0.143. The van der Waals surface area contributed by atoms with Gasteiger partial charge < -0.3 is 30.6 Å². The molecule has 0 radical (unpaired) electrons. The van der Waals surface area contributed by atoms with Gasteiger partial charge >= 0.3 is 0 Å². The molecule has 2 aliphatic rings. The zero-order valence-electron chi connectivity index (χ0n) is 29.3. The first-order valence-electron chi connectivity index (χ1n) is 16.5. The summed E-state index contributed by atoms with van der Waals surface area (Å²) in [5.74, 6) is -6.03. The summed E-state index contributed by atoms with van der Waals surface area (Å²) >= 11 is 0. The summed E-state index contributed by atoms with van der Waals surface area (Å²) in [4.78, 5) is -0.897. The molecule has 0 aromatic heterocycles. The van der Waals surface area contributed by atoms with Crippen molar-refractivity contribution in [1.29, 1.82) is 0 Å². The summed E-state index contributed by atoms with van der Waals surface area (Å²) in [5.41, 5.74) is -3.06. The van der Waals surface area contributed by atoms with Gasteiger partial charge in [-0.1, -0.05) is 97.1 Å². The van der Waals surface area contributed by atoms with Gasteiger partial charge in [0.05, 0.1) is 9.81 Å². The highest BCUT2D eigenvalue weighted by Crippen LogP contribution is 2.55. The van der Waals surface area contributed by atoms with E-state index in [1.165, 1.54) is 26.0 Å².